The van der Waals surface area contributed by atoms with Gasteiger partial charge in [-0.2, -0.15) is 0 Å². The van der Waals surface area contributed by atoms with E-state index in [1.165, 1.54) is 29.2 Å². The summed E-state index contributed by atoms with van der Waals surface area (Å²) >= 11 is 3.26. The molecule has 3 aromatic rings. The molecule has 51 heavy (non-hydrogen) atoms. The molecule has 3 N–H and O–H groups in total. The van der Waals surface area contributed by atoms with E-state index in [0.29, 0.717) is 49.8 Å². The number of amides is 3. The number of nitrogens with zero attached hydrogens (tertiary/aromatic N) is 4. The van der Waals surface area contributed by atoms with Crippen molar-refractivity contribution in [2.45, 2.75) is 47.5 Å². The average Bonchev–Trinajstić information content (AvgIpc) is 3.08. The highest BCUT2D eigenvalue weighted by atomic mass is 79.9. The molecule has 0 bridgehead atoms. The van der Waals surface area contributed by atoms with Crippen molar-refractivity contribution in [3.8, 4) is 0 Å². The number of aryl methyl sites for hydroxylation is 3. The van der Waals surface area contributed by atoms with Crippen molar-refractivity contribution in [2.24, 2.45) is 0 Å². The number of nitro groups is 2. The highest BCUT2D eigenvalue weighted by Gasteiger charge is 2.24. The Morgan fingerprint density at radius 2 is 1.20 bits per heavy atom. The second-order valence-corrected chi connectivity index (χ2v) is 12.0. The summed E-state index contributed by atoms with van der Waals surface area (Å²) < 4.78 is 15.3. The molecule has 0 aromatic heterocycles. The van der Waals surface area contributed by atoms with Gasteiger partial charge in [-0.1, -0.05) is 23.4 Å². The molecular weight excluding hydrogens is 732 g/mol. The molecule has 3 aliphatic heterocycles. The monoisotopic (exact) mass is 776 g/mol. The van der Waals surface area contributed by atoms with Crippen molar-refractivity contribution in [1.82, 2.24) is 5.32 Å². The topological polar surface area (TPSA) is 210 Å². The molecule has 6 rings (SSSR count). The van der Waals surface area contributed by atoms with Gasteiger partial charge >= 0.3 is 18.3 Å². The standard InChI is InChI=1S/C11H12N2O4.C11H14N2O2.C7H6BrNO2.C4H7NO2.CH4.H2/c1-8-7-9(13(15)16)3-4-10(8)12-5-2-6-17-11(12)14;1-8-7-9(12)3-4-10(8)13-5-2-6-15-11(13)14;1-5-4-6(9(10)11)2-3-7(5)8;6-4-5-2-1-3-7-4;;/h3-4,7H,2,5-6H2,1H3;3-4,7H,2,5-6,12H2,1H3;2-4H,1H3;1-3H2,(H,5,6);1H4;1H. The van der Waals surface area contributed by atoms with Gasteiger partial charge in [-0.15, -0.1) is 0 Å². The van der Waals surface area contributed by atoms with Gasteiger partial charge in [0.05, 0.1) is 41.0 Å². The summed E-state index contributed by atoms with van der Waals surface area (Å²) in [6, 6.07) is 14.6. The van der Waals surface area contributed by atoms with Crippen LogP contribution in [0.2, 0.25) is 0 Å². The molecule has 0 saturated carbocycles. The van der Waals surface area contributed by atoms with Gasteiger partial charge < -0.3 is 25.3 Å². The summed E-state index contributed by atoms with van der Waals surface area (Å²) in [5.41, 5.74) is 10.6. The number of nitrogen functional groups attached to an aromatic ring is 1. The predicted molar refractivity (Wildman–Crippen MR) is 198 cm³/mol. The van der Waals surface area contributed by atoms with Crippen LogP contribution in [0.25, 0.3) is 0 Å². The van der Waals surface area contributed by atoms with E-state index >= 15 is 0 Å². The minimum atomic E-state index is -0.453. The fourth-order valence-corrected chi connectivity index (χ4v) is 5.05. The normalized spacial score (nSPS) is 14.9. The van der Waals surface area contributed by atoms with Crippen LogP contribution in [0.3, 0.4) is 0 Å². The van der Waals surface area contributed by atoms with E-state index in [9.17, 15) is 34.6 Å². The predicted octanol–water partition coefficient (Wildman–Crippen LogP) is 7.84. The molecule has 0 spiro atoms. The Morgan fingerprint density at radius 3 is 1.59 bits per heavy atom. The molecule has 3 amide bonds. The average molecular weight is 778 g/mol. The first-order valence-electron chi connectivity index (χ1n) is 15.6. The summed E-state index contributed by atoms with van der Waals surface area (Å²) in [6.07, 6.45) is 1.62. The van der Waals surface area contributed by atoms with E-state index in [4.69, 9.17) is 15.2 Å². The number of carbonyl (C=O) groups is 3. The fraction of sp³-hybridized carbons (Fsp3) is 0.382. The molecule has 0 unspecified atom stereocenters. The lowest BCUT2D eigenvalue weighted by molar-refractivity contribution is -0.385. The third kappa shape index (κ3) is 12.7. The molecule has 0 radical (unpaired) electrons. The number of halogens is 1. The SMILES string of the molecule is C.Cc1cc(N)ccc1N1CCCOC1=O.Cc1cc([N+](=O)[O-])ccc1Br.Cc1cc([N+](=O)[O-])ccc1N1CCCOC1=O.O=C1NCCCO1.[HH]. The number of non-ortho nitro benzene ring substituents is 2. The van der Waals surface area contributed by atoms with Crippen LogP contribution in [-0.2, 0) is 14.2 Å². The maximum absolute atomic E-state index is 11.5. The van der Waals surface area contributed by atoms with Crippen LogP contribution < -0.4 is 20.9 Å². The van der Waals surface area contributed by atoms with Crippen LogP contribution in [0.5, 0.6) is 0 Å². The number of hydrogen-bond acceptors (Lipinski definition) is 11. The minimum absolute atomic E-state index is 0. The molecule has 0 atom stereocenters. The summed E-state index contributed by atoms with van der Waals surface area (Å²) in [4.78, 5) is 56.3. The van der Waals surface area contributed by atoms with Gasteiger partial charge in [-0.05, 0) is 87.1 Å². The van der Waals surface area contributed by atoms with Gasteiger partial charge in [0, 0.05) is 55.5 Å². The number of anilines is 3. The van der Waals surface area contributed by atoms with Gasteiger partial charge in [0.1, 0.15) is 0 Å². The lowest BCUT2D eigenvalue weighted by Crippen LogP contribution is -2.38. The molecule has 17 heteroatoms. The second-order valence-electron chi connectivity index (χ2n) is 11.1. The largest absolute Gasteiger partial charge is 0.449 e. The van der Waals surface area contributed by atoms with Gasteiger partial charge in [-0.25, -0.2) is 14.4 Å². The minimum Gasteiger partial charge on any atom is -0.449 e. The van der Waals surface area contributed by atoms with Crippen LogP contribution in [-0.4, -0.2) is 67.6 Å². The second kappa shape index (κ2) is 20.3. The van der Waals surface area contributed by atoms with E-state index in [2.05, 4.69) is 26.0 Å². The number of alkyl carbamates (subject to hydrolysis) is 1. The molecule has 0 aliphatic carbocycles. The van der Waals surface area contributed by atoms with E-state index < -0.39 is 15.9 Å². The Hall–Kier alpha value is -5.45. The van der Waals surface area contributed by atoms with Crippen molar-refractivity contribution in [3.63, 3.8) is 0 Å². The Balaban J connectivity index is 0.000000356. The summed E-state index contributed by atoms with van der Waals surface area (Å²) in [5.74, 6) is 0. The molecule has 3 aromatic carbocycles. The van der Waals surface area contributed by atoms with Crippen molar-refractivity contribution in [3.05, 3.63) is 96.0 Å². The van der Waals surface area contributed by atoms with Crippen molar-refractivity contribution < 1.29 is 39.9 Å². The number of nitro benzene ring substituents is 2. The van der Waals surface area contributed by atoms with Crippen LogP contribution in [0.15, 0.2) is 59.1 Å². The van der Waals surface area contributed by atoms with Gasteiger partial charge in [-0.3, -0.25) is 30.0 Å². The quantitative estimate of drug-likeness (QED) is 0.113. The molecule has 16 nitrogen and oxygen atoms in total. The van der Waals surface area contributed by atoms with Crippen molar-refractivity contribution >= 4 is 62.6 Å². The van der Waals surface area contributed by atoms with E-state index in [1.807, 2.05) is 26.0 Å². The van der Waals surface area contributed by atoms with E-state index in [0.717, 1.165) is 47.1 Å². The Morgan fingerprint density at radius 1 is 0.725 bits per heavy atom. The molecule has 278 valence electrons. The Bertz CT molecular complexity index is 1710. The van der Waals surface area contributed by atoms with Crippen LogP contribution >= 0.6 is 15.9 Å². The van der Waals surface area contributed by atoms with Crippen molar-refractivity contribution in [2.75, 3.05) is 55.0 Å². The highest BCUT2D eigenvalue weighted by molar-refractivity contribution is 9.10. The number of hydrogen-bond donors (Lipinski definition) is 2. The first-order chi connectivity index (χ1) is 23.8. The Labute approximate surface area is 305 Å². The Kier molecular flexibility index (Phi) is 16.6. The number of ether oxygens (including phenoxy) is 3. The van der Waals surface area contributed by atoms with Crippen LogP contribution in [0.1, 0.15) is 44.8 Å². The first-order valence-corrected chi connectivity index (χ1v) is 16.4. The van der Waals surface area contributed by atoms with Crippen LogP contribution in [0.4, 0.5) is 42.8 Å². The number of benzene rings is 3. The number of carbonyl (C=O) groups excluding carboxylic acids is 3. The molecule has 3 saturated heterocycles. The summed E-state index contributed by atoms with van der Waals surface area (Å²) in [6.45, 7) is 9.07. The number of nitrogens with one attached hydrogen (secondary N) is 1. The third-order valence-electron chi connectivity index (χ3n) is 7.31. The van der Waals surface area contributed by atoms with E-state index in [-0.39, 0.29) is 32.4 Å². The smallest absolute Gasteiger partial charge is 0.414 e. The molecule has 3 heterocycles. The summed E-state index contributed by atoms with van der Waals surface area (Å²) in [5, 5.41) is 23.4. The van der Waals surface area contributed by atoms with Crippen molar-refractivity contribution in [1.29, 1.82) is 0 Å². The fourth-order valence-electron chi connectivity index (χ4n) is 4.80. The van der Waals surface area contributed by atoms with Gasteiger partial charge in [0.2, 0.25) is 0 Å². The number of cyclic esters (lactones) is 3. The molecule has 3 fully saturated rings. The highest BCUT2D eigenvalue weighted by Crippen LogP contribution is 2.27. The van der Waals surface area contributed by atoms with Gasteiger partial charge in [0.25, 0.3) is 11.4 Å². The number of rotatable bonds is 4. The molecule has 3 aliphatic rings. The zero-order valence-corrected chi connectivity index (χ0v) is 29.5. The van der Waals surface area contributed by atoms with Gasteiger partial charge in [0.15, 0.2) is 0 Å². The maximum atomic E-state index is 11.5. The number of nitrogens with two attached hydrogens (primary N) is 1. The summed E-state index contributed by atoms with van der Waals surface area (Å²) in [7, 11) is 0. The third-order valence-corrected chi connectivity index (χ3v) is 8.20. The molecular formula is C34H45BrN6O10. The lowest BCUT2D eigenvalue weighted by Gasteiger charge is -2.27. The maximum Gasteiger partial charge on any atom is 0.414 e. The van der Waals surface area contributed by atoms with E-state index in [1.54, 1.807) is 30.0 Å². The lowest BCUT2D eigenvalue weighted by atomic mass is 10.1. The zero-order chi connectivity index (χ0) is 36.8. The first kappa shape index (κ1) is 41.7. The van der Waals surface area contributed by atoms with Crippen LogP contribution in [0, 0.1) is 41.0 Å². The zero-order valence-electron chi connectivity index (χ0n) is 27.9.